The van der Waals surface area contributed by atoms with Crippen molar-refractivity contribution in [1.82, 2.24) is 10.2 Å². The zero-order valence-electron chi connectivity index (χ0n) is 14.4. The van der Waals surface area contributed by atoms with Gasteiger partial charge in [-0.2, -0.15) is 0 Å². The first-order valence-electron chi connectivity index (χ1n) is 9.01. The second kappa shape index (κ2) is 9.37. The van der Waals surface area contributed by atoms with E-state index in [9.17, 15) is 4.79 Å². The van der Waals surface area contributed by atoms with Gasteiger partial charge in [-0.15, -0.1) is 11.3 Å². The number of hydrogen-bond donors (Lipinski definition) is 1. The van der Waals surface area contributed by atoms with Gasteiger partial charge in [-0.3, -0.25) is 9.69 Å². The Bertz CT molecular complexity index is 649. The van der Waals surface area contributed by atoms with Crippen molar-refractivity contribution in [2.75, 3.05) is 19.6 Å². The van der Waals surface area contributed by atoms with Crippen LogP contribution in [-0.4, -0.2) is 30.4 Å². The van der Waals surface area contributed by atoms with Crippen molar-refractivity contribution in [2.45, 2.75) is 38.1 Å². The maximum Gasteiger partial charge on any atom is 0.224 e. The largest absolute Gasteiger partial charge is 0.354 e. The summed E-state index contributed by atoms with van der Waals surface area (Å²) < 4.78 is 0. The highest BCUT2D eigenvalue weighted by molar-refractivity contribution is 7.10. The van der Waals surface area contributed by atoms with Gasteiger partial charge in [0.1, 0.15) is 0 Å². The number of hydrogen-bond acceptors (Lipinski definition) is 3. The van der Waals surface area contributed by atoms with Crippen LogP contribution in [0.25, 0.3) is 0 Å². The van der Waals surface area contributed by atoms with Crippen LogP contribution in [0.15, 0.2) is 41.8 Å². The van der Waals surface area contributed by atoms with Gasteiger partial charge in [0.05, 0.1) is 12.5 Å². The van der Waals surface area contributed by atoms with Crippen molar-refractivity contribution >= 4 is 28.8 Å². The third-order valence-electron chi connectivity index (χ3n) is 4.72. The molecule has 3 nitrogen and oxygen atoms in total. The smallest absolute Gasteiger partial charge is 0.224 e. The number of carbonyl (C=O) groups is 1. The summed E-state index contributed by atoms with van der Waals surface area (Å²) in [6, 6.07) is 12.0. The van der Waals surface area contributed by atoms with Gasteiger partial charge in [-0.05, 0) is 55.1 Å². The van der Waals surface area contributed by atoms with E-state index >= 15 is 0 Å². The summed E-state index contributed by atoms with van der Waals surface area (Å²) in [5, 5.41) is 5.96. The van der Waals surface area contributed by atoms with Gasteiger partial charge >= 0.3 is 0 Å². The van der Waals surface area contributed by atoms with E-state index in [0.717, 1.165) is 18.7 Å². The van der Waals surface area contributed by atoms with Gasteiger partial charge in [0, 0.05) is 16.4 Å². The Kier molecular flexibility index (Phi) is 6.91. The third-order valence-corrected chi connectivity index (χ3v) is 5.95. The number of thiophene rings is 1. The topological polar surface area (TPSA) is 32.3 Å². The van der Waals surface area contributed by atoms with E-state index in [2.05, 4.69) is 27.7 Å². The average Bonchev–Trinajstić information content (AvgIpc) is 3.00. The van der Waals surface area contributed by atoms with Crippen LogP contribution in [0.1, 0.15) is 42.2 Å². The lowest BCUT2D eigenvalue weighted by Gasteiger charge is -2.30. The van der Waals surface area contributed by atoms with Crippen LogP contribution >= 0.6 is 22.9 Å². The van der Waals surface area contributed by atoms with E-state index in [-0.39, 0.29) is 11.9 Å². The Balaban J connectivity index is 1.60. The van der Waals surface area contributed by atoms with Gasteiger partial charge < -0.3 is 5.32 Å². The zero-order valence-corrected chi connectivity index (χ0v) is 16.0. The molecule has 0 bridgehead atoms. The van der Waals surface area contributed by atoms with Crippen molar-refractivity contribution in [3.05, 3.63) is 57.2 Å². The molecule has 25 heavy (non-hydrogen) atoms. The summed E-state index contributed by atoms with van der Waals surface area (Å²) in [6.45, 7) is 2.91. The van der Waals surface area contributed by atoms with Gasteiger partial charge in [-0.1, -0.05) is 42.6 Å². The number of halogens is 1. The molecule has 0 radical (unpaired) electrons. The summed E-state index contributed by atoms with van der Waals surface area (Å²) in [6.07, 6.45) is 5.53. The first-order valence-corrected chi connectivity index (χ1v) is 10.3. The van der Waals surface area contributed by atoms with Crippen LogP contribution in [0, 0.1) is 0 Å². The number of nitrogens with zero attached hydrogens (tertiary/aromatic N) is 1. The van der Waals surface area contributed by atoms with Gasteiger partial charge in [0.2, 0.25) is 5.91 Å². The molecule has 5 heteroatoms. The predicted octanol–water partition coefficient (Wildman–Crippen LogP) is 4.68. The second-order valence-corrected chi connectivity index (χ2v) is 8.00. The van der Waals surface area contributed by atoms with E-state index in [0.29, 0.717) is 18.0 Å². The standard InChI is InChI=1S/C20H25ClN2OS/c21-17-9-7-16(8-10-17)14-20(24)22-15-18(19-6-5-13-25-19)23-11-3-1-2-4-12-23/h5-10,13,18H,1-4,11-12,14-15H2,(H,22,24). The van der Waals surface area contributed by atoms with E-state index in [1.54, 1.807) is 11.3 Å². The molecule has 0 aliphatic carbocycles. The molecule has 1 aliphatic heterocycles. The number of rotatable bonds is 6. The number of carbonyl (C=O) groups excluding carboxylic acids is 1. The zero-order chi connectivity index (χ0) is 17.5. The number of likely N-dealkylation sites (tertiary alicyclic amines) is 1. The molecule has 0 spiro atoms. The molecule has 2 aromatic rings. The molecule has 1 saturated heterocycles. The number of benzene rings is 1. The molecule has 134 valence electrons. The van der Waals surface area contributed by atoms with Crippen LogP contribution in [0.2, 0.25) is 5.02 Å². The molecular weight excluding hydrogens is 352 g/mol. The van der Waals surface area contributed by atoms with Crippen molar-refractivity contribution in [3.63, 3.8) is 0 Å². The minimum Gasteiger partial charge on any atom is -0.354 e. The summed E-state index contributed by atoms with van der Waals surface area (Å²) >= 11 is 7.68. The predicted molar refractivity (Wildman–Crippen MR) is 105 cm³/mol. The normalized spacial score (nSPS) is 17.0. The highest BCUT2D eigenvalue weighted by Gasteiger charge is 2.22. The maximum atomic E-state index is 12.4. The summed E-state index contributed by atoms with van der Waals surface area (Å²) in [5.41, 5.74) is 0.990. The van der Waals surface area contributed by atoms with Crippen LogP contribution in [0.4, 0.5) is 0 Å². The SMILES string of the molecule is O=C(Cc1ccc(Cl)cc1)NCC(c1cccs1)N1CCCCCC1. The average molecular weight is 377 g/mol. The van der Waals surface area contributed by atoms with Crippen molar-refractivity contribution in [2.24, 2.45) is 0 Å². The maximum absolute atomic E-state index is 12.4. The van der Waals surface area contributed by atoms with E-state index in [1.807, 2.05) is 24.3 Å². The summed E-state index contributed by atoms with van der Waals surface area (Å²) in [5.74, 6) is 0.0682. The first-order chi connectivity index (χ1) is 12.2. The van der Waals surface area contributed by atoms with Crippen LogP contribution in [0.5, 0.6) is 0 Å². The van der Waals surface area contributed by atoms with Gasteiger partial charge in [-0.25, -0.2) is 0 Å². The van der Waals surface area contributed by atoms with Gasteiger partial charge in [0.25, 0.3) is 0 Å². The quantitative estimate of drug-likeness (QED) is 0.794. The summed E-state index contributed by atoms with van der Waals surface area (Å²) in [4.78, 5) is 16.2. The first kappa shape index (κ1) is 18.4. The van der Waals surface area contributed by atoms with Crippen LogP contribution in [0.3, 0.4) is 0 Å². The van der Waals surface area contributed by atoms with Crippen molar-refractivity contribution in [3.8, 4) is 0 Å². The van der Waals surface area contributed by atoms with Crippen LogP contribution in [-0.2, 0) is 11.2 Å². The third kappa shape index (κ3) is 5.56. The van der Waals surface area contributed by atoms with E-state index < -0.39 is 0 Å². The molecule has 1 fully saturated rings. The molecule has 1 unspecified atom stereocenters. The Morgan fingerprint density at radius 1 is 1.12 bits per heavy atom. The highest BCUT2D eigenvalue weighted by atomic mass is 35.5. The van der Waals surface area contributed by atoms with Crippen LogP contribution < -0.4 is 5.32 Å². The van der Waals surface area contributed by atoms with Crippen molar-refractivity contribution in [1.29, 1.82) is 0 Å². The fraction of sp³-hybridized carbons (Fsp3) is 0.450. The molecule has 0 saturated carbocycles. The lowest BCUT2D eigenvalue weighted by Crippen LogP contribution is -2.38. The molecule has 1 atom stereocenters. The molecule has 2 heterocycles. The fourth-order valence-corrected chi connectivity index (χ4v) is 4.34. The Morgan fingerprint density at radius 2 is 1.84 bits per heavy atom. The Labute approximate surface area is 159 Å². The highest BCUT2D eigenvalue weighted by Crippen LogP contribution is 2.27. The van der Waals surface area contributed by atoms with Crippen molar-refractivity contribution < 1.29 is 4.79 Å². The molecule has 1 aromatic heterocycles. The second-order valence-electron chi connectivity index (χ2n) is 6.59. The van der Waals surface area contributed by atoms with E-state index in [1.165, 1.54) is 30.6 Å². The minimum absolute atomic E-state index is 0.0682. The lowest BCUT2D eigenvalue weighted by atomic mass is 10.1. The van der Waals surface area contributed by atoms with Gasteiger partial charge in [0.15, 0.2) is 0 Å². The molecule has 1 aromatic carbocycles. The molecule has 1 aliphatic rings. The monoisotopic (exact) mass is 376 g/mol. The number of nitrogens with one attached hydrogen (secondary N) is 1. The molecule has 1 amide bonds. The summed E-state index contributed by atoms with van der Waals surface area (Å²) in [7, 11) is 0. The molecule has 3 rings (SSSR count). The minimum atomic E-state index is 0.0682. The Hall–Kier alpha value is -1.36. The lowest BCUT2D eigenvalue weighted by molar-refractivity contribution is -0.120. The molecule has 1 N–H and O–H groups in total. The number of amides is 1. The fourth-order valence-electron chi connectivity index (χ4n) is 3.36. The van der Waals surface area contributed by atoms with E-state index in [4.69, 9.17) is 11.6 Å². The molecular formula is C20H25ClN2OS. The Morgan fingerprint density at radius 3 is 2.48 bits per heavy atom.